The fraction of sp³-hybridized carbons (Fsp3) is 0.240. The lowest BCUT2D eigenvalue weighted by Gasteiger charge is -2.14. The molecular formula is C25H21N9O6. The van der Waals surface area contributed by atoms with Gasteiger partial charge in [-0.2, -0.15) is 0 Å². The summed E-state index contributed by atoms with van der Waals surface area (Å²) in [6.07, 6.45) is 1.74. The van der Waals surface area contributed by atoms with Crippen molar-refractivity contribution >= 4 is 5.91 Å². The molecular weight excluding hydrogens is 522 g/mol. The highest BCUT2D eigenvalue weighted by Gasteiger charge is 2.35. The smallest absolute Gasteiger partial charge is 0.330 e. The Hall–Kier alpha value is -5.17. The van der Waals surface area contributed by atoms with Crippen molar-refractivity contribution in [2.45, 2.75) is 24.9 Å². The summed E-state index contributed by atoms with van der Waals surface area (Å²) in [6, 6.07) is 8.10. The van der Waals surface area contributed by atoms with Gasteiger partial charge in [-0.15, -0.1) is 20.4 Å². The first kappa shape index (κ1) is 26.4. The van der Waals surface area contributed by atoms with Crippen molar-refractivity contribution in [3.8, 4) is 34.9 Å². The van der Waals surface area contributed by atoms with Crippen LogP contribution in [-0.4, -0.2) is 81.4 Å². The summed E-state index contributed by atoms with van der Waals surface area (Å²) in [5.74, 6) is 5.63. The second-order valence-corrected chi connectivity index (χ2v) is 8.51. The molecule has 1 amide bonds. The number of aromatic amines is 1. The summed E-state index contributed by atoms with van der Waals surface area (Å²) in [4.78, 5) is 47.1. The van der Waals surface area contributed by atoms with Gasteiger partial charge in [-0.1, -0.05) is 24.0 Å². The average Bonchev–Trinajstić information content (AvgIpc) is 3.36. The summed E-state index contributed by atoms with van der Waals surface area (Å²) >= 11 is 0. The molecule has 4 N–H and O–H groups in total. The summed E-state index contributed by atoms with van der Waals surface area (Å²) in [6.45, 7) is -0.491. The van der Waals surface area contributed by atoms with Gasteiger partial charge in [0, 0.05) is 36.1 Å². The van der Waals surface area contributed by atoms with Gasteiger partial charge in [0.25, 0.3) is 11.5 Å². The third kappa shape index (κ3) is 5.78. The molecule has 1 aliphatic heterocycles. The van der Waals surface area contributed by atoms with E-state index in [1.54, 1.807) is 42.7 Å². The molecule has 0 radical (unpaired) electrons. The monoisotopic (exact) mass is 543 g/mol. The Balaban J connectivity index is 1.20. The molecule has 202 valence electrons. The summed E-state index contributed by atoms with van der Waals surface area (Å²) in [5.41, 5.74) is -0.529. The molecule has 15 heteroatoms. The minimum absolute atomic E-state index is 0.0317. The van der Waals surface area contributed by atoms with Crippen LogP contribution in [0.1, 0.15) is 28.6 Å². The Morgan fingerprint density at radius 1 is 1.07 bits per heavy atom. The molecule has 4 heterocycles. The van der Waals surface area contributed by atoms with Gasteiger partial charge in [-0.25, -0.2) is 14.8 Å². The maximum Gasteiger partial charge on any atom is 0.330 e. The largest absolute Gasteiger partial charge is 0.394 e. The van der Waals surface area contributed by atoms with E-state index in [9.17, 15) is 24.6 Å². The number of benzene rings is 1. The van der Waals surface area contributed by atoms with Gasteiger partial charge in [0.1, 0.15) is 17.9 Å². The van der Waals surface area contributed by atoms with Gasteiger partial charge >= 0.3 is 5.69 Å². The first-order chi connectivity index (χ1) is 19.4. The maximum absolute atomic E-state index is 12.5. The third-order valence-corrected chi connectivity index (χ3v) is 5.87. The molecule has 4 aromatic rings. The normalized spacial score (nSPS) is 18.1. The van der Waals surface area contributed by atoms with Crippen molar-refractivity contribution in [2.75, 3.05) is 13.2 Å². The van der Waals surface area contributed by atoms with Crippen molar-refractivity contribution in [2.24, 2.45) is 0 Å². The molecule has 15 nitrogen and oxygen atoms in total. The number of hydrogen-bond donors (Lipinski definition) is 4. The van der Waals surface area contributed by atoms with Crippen LogP contribution in [0.2, 0.25) is 0 Å². The number of H-pyrrole nitrogens is 1. The molecule has 0 saturated carbocycles. The van der Waals surface area contributed by atoms with Crippen molar-refractivity contribution < 1.29 is 19.7 Å². The lowest BCUT2D eigenvalue weighted by molar-refractivity contribution is -0.0459. The van der Waals surface area contributed by atoms with Crippen molar-refractivity contribution in [3.05, 3.63) is 80.9 Å². The molecule has 3 aromatic heterocycles. The van der Waals surface area contributed by atoms with E-state index >= 15 is 0 Å². The Morgan fingerprint density at radius 2 is 1.77 bits per heavy atom. The van der Waals surface area contributed by atoms with Crippen LogP contribution >= 0.6 is 0 Å². The van der Waals surface area contributed by atoms with Crippen LogP contribution in [0.25, 0.3) is 23.0 Å². The Bertz CT molecular complexity index is 1680. The lowest BCUT2D eigenvalue weighted by atomic mass is 10.1. The number of carbonyl (C=O) groups excluding carboxylic acids is 1. The van der Waals surface area contributed by atoms with Gasteiger partial charge < -0.3 is 20.3 Å². The highest BCUT2D eigenvalue weighted by Crippen LogP contribution is 2.27. The Morgan fingerprint density at radius 3 is 2.45 bits per heavy atom. The number of rotatable bonds is 6. The van der Waals surface area contributed by atoms with Crippen LogP contribution in [0.4, 0.5) is 0 Å². The molecule has 0 aliphatic carbocycles. The summed E-state index contributed by atoms with van der Waals surface area (Å²) < 4.78 is 6.57. The average molecular weight is 544 g/mol. The first-order valence-corrected chi connectivity index (χ1v) is 11.9. The predicted octanol–water partition coefficient (Wildman–Crippen LogP) is -1.34. The number of nitrogens with zero attached hydrogens (tertiary/aromatic N) is 7. The Labute approximate surface area is 225 Å². The van der Waals surface area contributed by atoms with Crippen LogP contribution < -0.4 is 16.6 Å². The van der Waals surface area contributed by atoms with E-state index in [1.807, 2.05) is 0 Å². The number of aliphatic hydroxyl groups excluding tert-OH is 2. The zero-order chi connectivity index (χ0) is 28.1. The third-order valence-electron chi connectivity index (χ3n) is 5.87. The lowest BCUT2D eigenvalue weighted by Crippen LogP contribution is -2.33. The van der Waals surface area contributed by atoms with Crippen LogP contribution in [0, 0.1) is 11.8 Å². The van der Waals surface area contributed by atoms with Crippen LogP contribution in [-0.2, 0) is 4.74 Å². The summed E-state index contributed by atoms with van der Waals surface area (Å²) in [5, 5.41) is 37.9. The minimum Gasteiger partial charge on any atom is -0.394 e. The van der Waals surface area contributed by atoms with Gasteiger partial charge in [0.05, 0.1) is 19.3 Å². The van der Waals surface area contributed by atoms with Gasteiger partial charge in [-0.05, 0) is 18.2 Å². The topological polar surface area (TPSA) is 211 Å². The highest BCUT2D eigenvalue weighted by molar-refractivity contribution is 5.94. The van der Waals surface area contributed by atoms with E-state index in [-0.39, 0.29) is 30.2 Å². The van der Waals surface area contributed by atoms with E-state index < -0.39 is 42.2 Å². The second-order valence-electron chi connectivity index (χ2n) is 8.51. The van der Waals surface area contributed by atoms with Crippen molar-refractivity contribution in [1.82, 2.24) is 45.2 Å². The fourth-order valence-corrected chi connectivity index (χ4v) is 3.82. The molecule has 0 unspecified atom stereocenters. The number of hydrogen-bond acceptors (Lipinski definition) is 12. The van der Waals surface area contributed by atoms with E-state index in [2.05, 4.69) is 52.5 Å². The minimum atomic E-state index is -0.955. The predicted molar refractivity (Wildman–Crippen MR) is 136 cm³/mol. The van der Waals surface area contributed by atoms with Crippen LogP contribution in [0.3, 0.4) is 0 Å². The van der Waals surface area contributed by atoms with Gasteiger partial charge in [0.2, 0.25) is 17.5 Å². The van der Waals surface area contributed by atoms with E-state index in [1.165, 1.54) is 6.20 Å². The highest BCUT2D eigenvalue weighted by atomic mass is 16.5. The molecule has 40 heavy (non-hydrogen) atoms. The SMILES string of the molecule is O=C(NCC#Cc1cn([C@H]2C[C@H](O)[C@@H](CO)O2)c(=O)[nH]c1=O)c1ccc(-c2nnc(-c3ncccn3)nn2)cc1. The molecule has 1 saturated heterocycles. The molecule has 3 atom stereocenters. The zero-order valence-electron chi connectivity index (χ0n) is 20.6. The standard InChI is InChI=1S/C25H21N9O6/c35-13-18-17(36)11-19(40-18)34-12-16(24(38)29-25(34)39)3-1-8-28-23(37)15-6-4-14(5-7-15)20-30-32-22(33-31-20)21-26-9-2-10-27-21/h2,4-7,9-10,12,17-19,35-36H,8,11,13H2,(H,28,37)(H,29,38,39)/t17-,18+,19+/m0/s1. The number of amides is 1. The molecule has 0 spiro atoms. The van der Waals surface area contributed by atoms with E-state index in [0.29, 0.717) is 17.0 Å². The zero-order valence-corrected chi connectivity index (χ0v) is 20.6. The maximum atomic E-state index is 12.5. The number of aliphatic hydroxyl groups is 2. The Kier molecular flexibility index (Phi) is 7.73. The van der Waals surface area contributed by atoms with Crippen molar-refractivity contribution in [3.63, 3.8) is 0 Å². The number of carbonyl (C=O) groups is 1. The van der Waals surface area contributed by atoms with Gasteiger partial charge in [-0.3, -0.25) is 19.1 Å². The fourth-order valence-electron chi connectivity index (χ4n) is 3.82. The number of aromatic nitrogens is 8. The first-order valence-electron chi connectivity index (χ1n) is 11.9. The van der Waals surface area contributed by atoms with Gasteiger partial charge in [0.15, 0.2) is 0 Å². The number of nitrogens with one attached hydrogen (secondary N) is 2. The molecule has 1 fully saturated rings. The van der Waals surface area contributed by atoms with Crippen LogP contribution in [0.5, 0.6) is 0 Å². The van der Waals surface area contributed by atoms with E-state index in [0.717, 1.165) is 4.57 Å². The summed E-state index contributed by atoms with van der Waals surface area (Å²) in [7, 11) is 0. The van der Waals surface area contributed by atoms with Crippen molar-refractivity contribution in [1.29, 1.82) is 0 Å². The second kappa shape index (κ2) is 11.7. The molecule has 5 rings (SSSR count). The van der Waals surface area contributed by atoms with Crippen LogP contribution in [0.15, 0.2) is 58.5 Å². The molecule has 1 aliphatic rings. The molecule has 1 aromatic carbocycles. The quantitative estimate of drug-likeness (QED) is 0.208. The molecule has 0 bridgehead atoms. The van der Waals surface area contributed by atoms with E-state index in [4.69, 9.17) is 4.74 Å². The number of ether oxygens (including phenoxy) is 1.